The van der Waals surface area contributed by atoms with E-state index in [1.807, 2.05) is 37.3 Å². The van der Waals surface area contributed by atoms with Crippen molar-refractivity contribution in [2.45, 2.75) is 77.4 Å². The van der Waals surface area contributed by atoms with Gasteiger partial charge in [-0.2, -0.15) is 0 Å². The molecule has 0 radical (unpaired) electrons. The fourth-order valence-corrected chi connectivity index (χ4v) is 4.67. The lowest BCUT2D eigenvalue weighted by Crippen LogP contribution is -2.52. The van der Waals surface area contributed by atoms with Crippen LogP contribution in [0.15, 0.2) is 42.5 Å². The van der Waals surface area contributed by atoms with Crippen LogP contribution in [0.5, 0.6) is 5.75 Å². The highest BCUT2D eigenvalue weighted by molar-refractivity contribution is 6.42. The minimum atomic E-state index is -0.602. The molecule has 2 aromatic carbocycles. The van der Waals surface area contributed by atoms with Crippen molar-refractivity contribution in [1.82, 2.24) is 10.2 Å². The van der Waals surface area contributed by atoms with Gasteiger partial charge < -0.3 is 15.0 Å². The van der Waals surface area contributed by atoms with Crippen LogP contribution in [0.2, 0.25) is 10.0 Å². The second kappa shape index (κ2) is 13.0. The van der Waals surface area contributed by atoms with E-state index in [0.717, 1.165) is 37.7 Å². The van der Waals surface area contributed by atoms with Gasteiger partial charge in [-0.05, 0) is 61.1 Å². The van der Waals surface area contributed by atoms with Gasteiger partial charge in [-0.3, -0.25) is 9.59 Å². The van der Waals surface area contributed by atoms with E-state index in [9.17, 15) is 9.59 Å². The van der Waals surface area contributed by atoms with E-state index in [1.165, 1.54) is 12.0 Å². The Morgan fingerprint density at radius 3 is 2.29 bits per heavy atom. The van der Waals surface area contributed by atoms with Gasteiger partial charge in [0.1, 0.15) is 11.8 Å². The van der Waals surface area contributed by atoms with E-state index >= 15 is 0 Å². The van der Waals surface area contributed by atoms with Crippen LogP contribution in [0.4, 0.5) is 0 Å². The van der Waals surface area contributed by atoms with Gasteiger partial charge in [0.2, 0.25) is 5.91 Å². The third-order valence-corrected chi connectivity index (χ3v) is 7.11. The number of carbonyl (C=O) groups excluding carboxylic acids is 2. The van der Waals surface area contributed by atoms with E-state index in [-0.39, 0.29) is 31.0 Å². The molecule has 2 aromatic rings. The molecule has 1 atom stereocenters. The predicted octanol–water partition coefficient (Wildman–Crippen LogP) is 6.19. The largest absolute Gasteiger partial charge is 0.484 e. The highest BCUT2D eigenvalue weighted by atomic mass is 35.5. The van der Waals surface area contributed by atoms with E-state index in [2.05, 4.69) is 12.2 Å². The molecule has 184 valence electrons. The number of benzene rings is 2. The number of halogens is 2. The molecule has 3 rings (SSSR count). The SMILES string of the molecule is CCc1ccc(OCC(=O)N(Cc2ccc(Cl)c(Cl)c2)[C@H](CC)C(=O)NC2CCCCC2)cc1. The molecule has 0 aliphatic heterocycles. The van der Waals surface area contributed by atoms with Gasteiger partial charge in [0.05, 0.1) is 10.0 Å². The Balaban J connectivity index is 1.76. The van der Waals surface area contributed by atoms with Crippen LogP contribution in [-0.4, -0.2) is 35.4 Å². The lowest BCUT2D eigenvalue weighted by molar-refractivity contribution is -0.143. The van der Waals surface area contributed by atoms with Crippen molar-refractivity contribution >= 4 is 35.0 Å². The molecular formula is C27H34Cl2N2O3. The summed E-state index contributed by atoms with van der Waals surface area (Å²) in [7, 11) is 0. The summed E-state index contributed by atoms with van der Waals surface area (Å²) in [6.07, 6.45) is 6.86. The Morgan fingerprint density at radius 1 is 1.00 bits per heavy atom. The number of nitrogens with one attached hydrogen (secondary N) is 1. The quantitative estimate of drug-likeness (QED) is 0.419. The number of hydrogen-bond acceptors (Lipinski definition) is 3. The average molecular weight is 505 g/mol. The molecule has 1 aliphatic carbocycles. The third-order valence-electron chi connectivity index (χ3n) is 6.37. The molecule has 1 saturated carbocycles. The van der Waals surface area contributed by atoms with Crippen LogP contribution >= 0.6 is 23.2 Å². The van der Waals surface area contributed by atoms with Gasteiger partial charge >= 0.3 is 0 Å². The first-order chi connectivity index (χ1) is 16.4. The van der Waals surface area contributed by atoms with Crippen LogP contribution in [-0.2, 0) is 22.6 Å². The minimum absolute atomic E-state index is 0.116. The zero-order valence-corrected chi connectivity index (χ0v) is 21.5. The highest BCUT2D eigenvalue weighted by Crippen LogP contribution is 2.25. The third kappa shape index (κ3) is 7.38. The summed E-state index contributed by atoms with van der Waals surface area (Å²) in [4.78, 5) is 28.2. The Morgan fingerprint density at radius 2 is 1.68 bits per heavy atom. The second-order valence-corrected chi connectivity index (χ2v) is 9.64. The molecule has 1 aliphatic rings. The number of aryl methyl sites for hydroxylation is 1. The zero-order chi connectivity index (χ0) is 24.5. The number of hydrogen-bond donors (Lipinski definition) is 1. The standard InChI is InChI=1S/C27H34Cl2N2O3/c1-3-19-10-13-22(14-11-19)34-18-26(32)31(17-20-12-15-23(28)24(29)16-20)25(4-2)27(33)30-21-8-6-5-7-9-21/h10-16,21,25H,3-9,17-18H2,1-2H3,(H,30,33)/t25-/m1/s1. The van der Waals surface area contributed by atoms with Crippen LogP contribution in [0, 0.1) is 0 Å². The first kappa shape index (κ1) is 26.4. The monoisotopic (exact) mass is 504 g/mol. The Labute approximate surface area is 212 Å². The lowest BCUT2D eigenvalue weighted by atomic mass is 9.95. The molecule has 2 amide bonds. The van der Waals surface area contributed by atoms with Crippen LogP contribution in [0.3, 0.4) is 0 Å². The molecule has 7 heteroatoms. The number of amides is 2. The number of rotatable bonds is 10. The van der Waals surface area contributed by atoms with Crippen molar-refractivity contribution in [3.8, 4) is 5.75 Å². The molecule has 0 unspecified atom stereocenters. The van der Waals surface area contributed by atoms with Gasteiger partial charge in [0, 0.05) is 12.6 Å². The van der Waals surface area contributed by atoms with Gasteiger partial charge in [0.15, 0.2) is 6.61 Å². The fraction of sp³-hybridized carbons (Fsp3) is 0.481. The first-order valence-electron chi connectivity index (χ1n) is 12.2. The smallest absolute Gasteiger partial charge is 0.261 e. The number of ether oxygens (including phenoxy) is 1. The van der Waals surface area contributed by atoms with Gasteiger partial charge in [-0.1, -0.05) is 74.5 Å². The van der Waals surface area contributed by atoms with Gasteiger partial charge in [0.25, 0.3) is 5.91 Å². The van der Waals surface area contributed by atoms with Crippen molar-refractivity contribution in [2.75, 3.05) is 6.61 Å². The summed E-state index contributed by atoms with van der Waals surface area (Å²) in [6.45, 7) is 4.10. The number of carbonyl (C=O) groups is 2. The molecule has 34 heavy (non-hydrogen) atoms. The molecule has 1 N–H and O–H groups in total. The minimum Gasteiger partial charge on any atom is -0.484 e. The first-order valence-corrected chi connectivity index (χ1v) is 12.9. The molecule has 0 heterocycles. The summed E-state index contributed by atoms with van der Waals surface area (Å²) in [5, 5.41) is 4.04. The summed E-state index contributed by atoms with van der Waals surface area (Å²) in [6, 6.07) is 12.5. The van der Waals surface area contributed by atoms with Crippen molar-refractivity contribution in [3.05, 3.63) is 63.6 Å². The molecule has 0 saturated heterocycles. The normalized spacial score (nSPS) is 14.9. The highest BCUT2D eigenvalue weighted by Gasteiger charge is 2.30. The van der Waals surface area contributed by atoms with Crippen molar-refractivity contribution in [3.63, 3.8) is 0 Å². The molecular weight excluding hydrogens is 471 g/mol. The van der Waals surface area contributed by atoms with E-state index in [4.69, 9.17) is 27.9 Å². The maximum absolute atomic E-state index is 13.4. The maximum Gasteiger partial charge on any atom is 0.261 e. The average Bonchev–Trinajstić information content (AvgIpc) is 2.85. The molecule has 0 aromatic heterocycles. The fourth-order valence-electron chi connectivity index (χ4n) is 4.35. The van der Waals surface area contributed by atoms with Gasteiger partial charge in [-0.25, -0.2) is 0 Å². The van der Waals surface area contributed by atoms with Crippen LogP contribution < -0.4 is 10.1 Å². The van der Waals surface area contributed by atoms with E-state index < -0.39 is 6.04 Å². The van der Waals surface area contributed by atoms with Gasteiger partial charge in [-0.15, -0.1) is 0 Å². The Hall–Kier alpha value is -2.24. The molecule has 0 bridgehead atoms. The summed E-state index contributed by atoms with van der Waals surface area (Å²) in [5.74, 6) is 0.256. The zero-order valence-electron chi connectivity index (χ0n) is 20.0. The topological polar surface area (TPSA) is 58.6 Å². The molecule has 5 nitrogen and oxygen atoms in total. The van der Waals surface area contributed by atoms with E-state index in [0.29, 0.717) is 22.2 Å². The Bertz CT molecular complexity index is 959. The van der Waals surface area contributed by atoms with Crippen molar-refractivity contribution < 1.29 is 14.3 Å². The summed E-state index contributed by atoms with van der Waals surface area (Å²) >= 11 is 12.3. The van der Waals surface area contributed by atoms with Crippen LogP contribution in [0.25, 0.3) is 0 Å². The van der Waals surface area contributed by atoms with Crippen molar-refractivity contribution in [2.24, 2.45) is 0 Å². The summed E-state index contributed by atoms with van der Waals surface area (Å²) < 4.78 is 5.78. The predicted molar refractivity (Wildman–Crippen MR) is 137 cm³/mol. The molecule has 1 fully saturated rings. The number of nitrogens with zero attached hydrogens (tertiary/aromatic N) is 1. The van der Waals surface area contributed by atoms with Crippen LogP contribution in [0.1, 0.15) is 63.5 Å². The Kier molecular flexibility index (Phi) is 10.1. The molecule has 0 spiro atoms. The maximum atomic E-state index is 13.4. The second-order valence-electron chi connectivity index (χ2n) is 8.82. The van der Waals surface area contributed by atoms with Crippen molar-refractivity contribution in [1.29, 1.82) is 0 Å². The van der Waals surface area contributed by atoms with E-state index in [1.54, 1.807) is 17.0 Å². The lowest BCUT2D eigenvalue weighted by Gasteiger charge is -2.32. The summed E-state index contributed by atoms with van der Waals surface area (Å²) in [5.41, 5.74) is 2.00.